The molecule has 3 nitrogen and oxygen atoms in total. The Morgan fingerprint density at radius 3 is 2.71 bits per heavy atom. The second-order valence-electron chi connectivity index (χ2n) is 3.15. The van der Waals surface area contributed by atoms with Gasteiger partial charge in [0.15, 0.2) is 6.10 Å². The van der Waals surface area contributed by atoms with Gasteiger partial charge in [0, 0.05) is 5.56 Å². The summed E-state index contributed by atoms with van der Waals surface area (Å²) in [7, 11) is 0. The van der Waals surface area contributed by atoms with E-state index in [4.69, 9.17) is 10.00 Å². The van der Waals surface area contributed by atoms with E-state index in [0.29, 0.717) is 0 Å². The third-order valence-corrected chi connectivity index (χ3v) is 2.69. The Bertz CT molecular complexity index is 302. The molecule has 0 saturated carbocycles. The van der Waals surface area contributed by atoms with Crippen molar-refractivity contribution in [3.63, 3.8) is 0 Å². The fourth-order valence-corrected chi connectivity index (χ4v) is 1.61. The number of rotatable bonds is 4. The molecule has 1 N–H and O–H groups in total. The zero-order valence-corrected chi connectivity index (χ0v) is 8.99. The van der Waals surface area contributed by atoms with Crippen molar-refractivity contribution < 1.29 is 9.84 Å². The summed E-state index contributed by atoms with van der Waals surface area (Å²) in [5.41, 5.74) is 0.852. The van der Waals surface area contributed by atoms with Crippen LogP contribution in [0, 0.1) is 11.3 Å². The van der Waals surface area contributed by atoms with E-state index in [1.165, 1.54) is 11.3 Å². The first-order valence-electron chi connectivity index (χ1n) is 4.40. The Kier molecular flexibility index (Phi) is 4.08. The molecule has 4 heteroatoms. The number of nitriles is 1. The molecule has 1 aromatic rings. The molecule has 3 unspecified atom stereocenters. The van der Waals surface area contributed by atoms with E-state index in [9.17, 15) is 5.11 Å². The summed E-state index contributed by atoms with van der Waals surface area (Å²) in [6.45, 7) is 3.40. The van der Waals surface area contributed by atoms with Crippen LogP contribution >= 0.6 is 11.3 Å². The Hall–Kier alpha value is -0.890. The van der Waals surface area contributed by atoms with Crippen LogP contribution in [0.5, 0.6) is 0 Å². The molecule has 0 spiro atoms. The first-order valence-corrected chi connectivity index (χ1v) is 5.34. The lowest BCUT2D eigenvalue weighted by Crippen LogP contribution is -2.24. The Labute approximate surface area is 87.6 Å². The molecule has 1 aromatic heterocycles. The van der Waals surface area contributed by atoms with Crippen LogP contribution < -0.4 is 0 Å². The maximum atomic E-state index is 9.23. The second kappa shape index (κ2) is 5.11. The van der Waals surface area contributed by atoms with Crippen molar-refractivity contribution in [3.8, 4) is 6.07 Å². The standard InChI is InChI=1S/C10H13NO2S/c1-7(12)8(2)13-10(5-11)9-3-4-14-6-9/h3-4,6-8,10,12H,1-2H3. The predicted molar refractivity (Wildman–Crippen MR) is 54.9 cm³/mol. The van der Waals surface area contributed by atoms with E-state index in [-0.39, 0.29) is 6.10 Å². The van der Waals surface area contributed by atoms with Crippen LogP contribution in [-0.2, 0) is 4.74 Å². The number of nitrogens with zero attached hydrogens (tertiary/aromatic N) is 1. The molecule has 76 valence electrons. The number of aliphatic hydroxyl groups excluding tert-OH is 1. The molecule has 3 atom stereocenters. The summed E-state index contributed by atoms with van der Waals surface area (Å²) in [6, 6.07) is 3.92. The summed E-state index contributed by atoms with van der Waals surface area (Å²) in [4.78, 5) is 0. The fraction of sp³-hybridized carbons (Fsp3) is 0.500. The summed E-state index contributed by atoms with van der Waals surface area (Å²) < 4.78 is 5.40. The maximum absolute atomic E-state index is 9.23. The predicted octanol–water partition coefficient (Wildman–Crippen LogP) is 2.10. The molecule has 0 fully saturated rings. The molecule has 0 radical (unpaired) electrons. The highest BCUT2D eigenvalue weighted by molar-refractivity contribution is 7.07. The Balaban J connectivity index is 2.62. The van der Waals surface area contributed by atoms with Crippen molar-refractivity contribution in [2.24, 2.45) is 0 Å². The van der Waals surface area contributed by atoms with Gasteiger partial charge in [-0.05, 0) is 30.7 Å². The highest BCUT2D eigenvalue weighted by atomic mass is 32.1. The maximum Gasteiger partial charge on any atom is 0.170 e. The lowest BCUT2D eigenvalue weighted by atomic mass is 10.2. The lowest BCUT2D eigenvalue weighted by molar-refractivity contribution is -0.0424. The van der Waals surface area contributed by atoms with Crippen molar-refractivity contribution in [3.05, 3.63) is 22.4 Å². The Morgan fingerprint density at radius 1 is 1.57 bits per heavy atom. The zero-order valence-electron chi connectivity index (χ0n) is 8.18. The quantitative estimate of drug-likeness (QED) is 0.829. The minimum Gasteiger partial charge on any atom is -0.391 e. The van der Waals surface area contributed by atoms with Gasteiger partial charge in [0.2, 0.25) is 0 Å². The van der Waals surface area contributed by atoms with Gasteiger partial charge in [0.05, 0.1) is 18.3 Å². The molecule has 0 amide bonds. The van der Waals surface area contributed by atoms with Crippen molar-refractivity contribution in [2.45, 2.75) is 32.2 Å². The number of ether oxygens (including phenoxy) is 1. The van der Waals surface area contributed by atoms with Gasteiger partial charge >= 0.3 is 0 Å². The molecule has 0 aromatic carbocycles. The average molecular weight is 211 g/mol. The van der Waals surface area contributed by atoms with Gasteiger partial charge < -0.3 is 9.84 Å². The van der Waals surface area contributed by atoms with Crippen LogP contribution in [0.1, 0.15) is 25.5 Å². The largest absolute Gasteiger partial charge is 0.391 e. The fourth-order valence-electron chi connectivity index (χ4n) is 0.936. The topological polar surface area (TPSA) is 53.2 Å². The number of aliphatic hydroxyl groups is 1. The van der Waals surface area contributed by atoms with Crippen molar-refractivity contribution in [2.75, 3.05) is 0 Å². The molecule has 0 aliphatic heterocycles. The minimum atomic E-state index is -0.578. The van der Waals surface area contributed by atoms with Crippen molar-refractivity contribution in [1.29, 1.82) is 5.26 Å². The van der Waals surface area contributed by atoms with Gasteiger partial charge in [-0.2, -0.15) is 16.6 Å². The van der Waals surface area contributed by atoms with Crippen LogP contribution in [0.3, 0.4) is 0 Å². The summed E-state index contributed by atoms with van der Waals surface area (Å²) >= 11 is 1.53. The minimum absolute atomic E-state index is 0.334. The van der Waals surface area contributed by atoms with Crippen molar-refractivity contribution >= 4 is 11.3 Å². The molecule has 0 saturated heterocycles. The van der Waals surface area contributed by atoms with E-state index in [0.717, 1.165) is 5.56 Å². The van der Waals surface area contributed by atoms with Crippen LogP contribution in [0.2, 0.25) is 0 Å². The molecular formula is C10H13NO2S. The van der Waals surface area contributed by atoms with Gasteiger partial charge in [-0.3, -0.25) is 0 Å². The van der Waals surface area contributed by atoms with E-state index in [1.54, 1.807) is 13.8 Å². The molecule has 1 rings (SSSR count). The zero-order chi connectivity index (χ0) is 10.6. The van der Waals surface area contributed by atoms with Gasteiger partial charge in [-0.1, -0.05) is 0 Å². The summed E-state index contributed by atoms with van der Waals surface area (Å²) in [5, 5.41) is 21.9. The van der Waals surface area contributed by atoms with Gasteiger partial charge in [-0.25, -0.2) is 0 Å². The number of hydrogen-bond acceptors (Lipinski definition) is 4. The first kappa shape index (κ1) is 11.2. The van der Waals surface area contributed by atoms with Crippen molar-refractivity contribution in [1.82, 2.24) is 0 Å². The van der Waals surface area contributed by atoms with E-state index in [1.807, 2.05) is 16.8 Å². The van der Waals surface area contributed by atoms with Crippen LogP contribution in [-0.4, -0.2) is 17.3 Å². The Morgan fingerprint density at radius 2 is 2.29 bits per heavy atom. The third-order valence-electron chi connectivity index (χ3n) is 1.99. The second-order valence-corrected chi connectivity index (χ2v) is 3.93. The normalized spacial score (nSPS) is 17.0. The van der Waals surface area contributed by atoms with Gasteiger partial charge in [0.25, 0.3) is 0 Å². The van der Waals surface area contributed by atoms with Gasteiger partial charge in [-0.15, -0.1) is 0 Å². The third kappa shape index (κ3) is 2.81. The SMILES string of the molecule is CC(O)C(C)OC(C#N)c1ccsc1. The van der Waals surface area contributed by atoms with E-state index < -0.39 is 12.2 Å². The first-order chi connectivity index (χ1) is 6.65. The summed E-state index contributed by atoms with van der Waals surface area (Å²) in [5.74, 6) is 0. The molecule has 1 heterocycles. The summed E-state index contributed by atoms with van der Waals surface area (Å²) in [6.07, 6.45) is -1.48. The smallest absolute Gasteiger partial charge is 0.170 e. The molecule has 14 heavy (non-hydrogen) atoms. The molecule has 0 aliphatic carbocycles. The van der Waals surface area contributed by atoms with E-state index in [2.05, 4.69) is 6.07 Å². The highest BCUT2D eigenvalue weighted by Crippen LogP contribution is 2.21. The molecular weight excluding hydrogens is 198 g/mol. The number of hydrogen-bond donors (Lipinski definition) is 1. The van der Waals surface area contributed by atoms with Gasteiger partial charge in [0.1, 0.15) is 0 Å². The van der Waals surface area contributed by atoms with Crippen LogP contribution in [0.25, 0.3) is 0 Å². The highest BCUT2D eigenvalue weighted by Gasteiger charge is 2.18. The van der Waals surface area contributed by atoms with Crippen LogP contribution in [0.4, 0.5) is 0 Å². The molecule has 0 bridgehead atoms. The lowest BCUT2D eigenvalue weighted by Gasteiger charge is -2.18. The number of thiophene rings is 1. The van der Waals surface area contributed by atoms with Crippen LogP contribution in [0.15, 0.2) is 16.8 Å². The van der Waals surface area contributed by atoms with E-state index >= 15 is 0 Å². The average Bonchev–Trinajstić information content (AvgIpc) is 2.66. The molecule has 0 aliphatic rings. The monoisotopic (exact) mass is 211 g/mol.